The van der Waals surface area contributed by atoms with Crippen LogP contribution < -0.4 is 10.5 Å². The summed E-state index contributed by atoms with van der Waals surface area (Å²) in [7, 11) is -0.490. The van der Waals surface area contributed by atoms with Crippen LogP contribution in [0, 0.1) is 0 Å². The zero-order valence-electron chi connectivity index (χ0n) is 8.27. The number of oxime groups is 1. The zero-order valence-corrected chi connectivity index (χ0v) is 9.08. The minimum atomic E-state index is -3.36. The van der Waals surface area contributed by atoms with Gasteiger partial charge in [0.2, 0.25) is 0 Å². The van der Waals surface area contributed by atoms with Crippen molar-refractivity contribution in [2.75, 3.05) is 20.6 Å². The average Bonchev–Trinajstić information content (AvgIpc) is 2.11. The smallest absolute Gasteiger partial charge is 0.278 e. The highest BCUT2D eigenvalue weighted by Crippen LogP contribution is 1.91. The van der Waals surface area contributed by atoms with Gasteiger partial charge in [0.1, 0.15) is 5.84 Å². The highest BCUT2D eigenvalue weighted by Gasteiger charge is 2.11. The summed E-state index contributed by atoms with van der Waals surface area (Å²) in [6.45, 7) is 0.261. The third kappa shape index (κ3) is 5.00. The Kier molecular flexibility index (Phi) is 5.43. The van der Waals surface area contributed by atoms with E-state index in [9.17, 15) is 8.42 Å². The van der Waals surface area contributed by atoms with Gasteiger partial charge in [-0.25, -0.2) is 4.72 Å². The second kappa shape index (κ2) is 5.78. The summed E-state index contributed by atoms with van der Waals surface area (Å²) >= 11 is 0. The molecule has 0 aromatic rings. The van der Waals surface area contributed by atoms with Gasteiger partial charge in [-0.1, -0.05) is 5.16 Å². The van der Waals surface area contributed by atoms with Crippen LogP contribution in [-0.2, 0) is 10.2 Å². The van der Waals surface area contributed by atoms with Crippen molar-refractivity contribution in [3.05, 3.63) is 0 Å². The minimum Gasteiger partial charge on any atom is -0.409 e. The second-order valence-corrected chi connectivity index (χ2v) is 4.85. The standard InChI is InChI=1S/C6H16N4O3S/c1-10(2)14(12,13)8-5-3-4-6(7)9-11/h8,11H,3-5H2,1-2H3,(H2,7,9). The molecule has 0 aliphatic heterocycles. The van der Waals surface area contributed by atoms with E-state index < -0.39 is 10.2 Å². The first-order valence-corrected chi connectivity index (χ1v) is 5.47. The van der Waals surface area contributed by atoms with Gasteiger partial charge in [0, 0.05) is 27.1 Å². The highest BCUT2D eigenvalue weighted by molar-refractivity contribution is 7.87. The van der Waals surface area contributed by atoms with Crippen molar-refractivity contribution in [3.63, 3.8) is 0 Å². The predicted octanol–water partition coefficient (Wildman–Crippen LogP) is -1.09. The molecule has 84 valence electrons. The Morgan fingerprint density at radius 2 is 2.14 bits per heavy atom. The fourth-order valence-electron chi connectivity index (χ4n) is 0.650. The van der Waals surface area contributed by atoms with Crippen LogP contribution in [0.2, 0.25) is 0 Å². The van der Waals surface area contributed by atoms with Crippen LogP contribution in [0.15, 0.2) is 5.16 Å². The molecule has 0 spiro atoms. The van der Waals surface area contributed by atoms with Crippen molar-refractivity contribution in [2.24, 2.45) is 10.9 Å². The number of rotatable bonds is 6. The molecule has 0 fully saturated rings. The number of nitrogens with two attached hydrogens (primary N) is 1. The molecule has 0 unspecified atom stereocenters. The maximum absolute atomic E-state index is 11.1. The van der Waals surface area contributed by atoms with Crippen LogP contribution in [0.4, 0.5) is 0 Å². The van der Waals surface area contributed by atoms with Gasteiger partial charge in [-0.05, 0) is 6.42 Å². The summed E-state index contributed by atoms with van der Waals surface area (Å²) in [5.74, 6) is 0.0917. The summed E-state index contributed by atoms with van der Waals surface area (Å²) in [4.78, 5) is 0. The molecule has 0 amide bonds. The summed E-state index contributed by atoms with van der Waals surface area (Å²) in [5.41, 5.74) is 5.19. The largest absolute Gasteiger partial charge is 0.409 e. The molecule has 0 aromatic carbocycles. The Labute approximate surface area is 83.8 Å². The molecule has 7 nitrogen and oxygen atoms in total. The first kappa shape index (κ1) is 13.1. The third-order valence-corrected chi connectivity index (χ3v) is 3.03. The summed E-state index contributed by atoms with van der Waals surface area (Å²) in [6, 6.07) is 0. The first-order valence-electron chi connectivity index (χ1n) is 4.03. The van der Waals surface area contributed by atoms with Crippen molar-refractivity contribution in [2.45, 2.75) is 12.8 Å². The maximum Gasteiger partial charge on any atom is 0.278 e. The molecule has 0 aromatic heterocycles. The average molecular weight is 224 g/mol. The number of hydrogen-bond donors (Lipinski definition) is 3. The van der Waals surface area contributed by atoms with Crippen molar-refractivity contribution >= 4 is 16.0 Å². The fraction of sp³-hybridized carbons (Fsp3) is 0.833. The molecule has 0 bridgehead atoms. The molecule has 0 saturated heterocycles. The lowest BCUT2D eigenvalue weighted by atomic mass is 10.3. The fourth-order valence-corrected chi connectivity index (χ4v) is 1.31. The maximum atomic E-state index is 11.1. The first-order chi connectivity index (χ1) is 6.40. The van der Waals surface area contributed by atoms with Gasteiger partial charge in [0.25, 0.3) is 10.2 Å². The zero-order chi connectivity index (χ0) is 11.2. The number of nitrogens with zero attached hydrogens (tertiary/aromatic N) is 2. The highest BCUT2D eigenvalue weighted by atomic mass is 32.2. The lowest BCUT2D eigenvalue weighted by Crippen LogP contribution is -2.36. The van der Waals surface area contributed by atoms with E-state index in [1.807, 2.05) is 0 Å². The van der Waals surface area contributed by atoms with Crippen molar-refractivity contribution < 1.29 is 13.6 Å². The topological polar surface area (TPSA) is 108 Å². The molecule has 0 radical (unpaired) electrons. The molecule has 0 aliphatic rings. The van der Waals surface area contributed by atoms with Crippen LogP contribution in [0.5, 0.6) is 0 Å². The normalized spacial score (nSPS) is 13.5. The van der Waals surface area contributed by atoms with Gasteiger partial charge in [0.15, 0.2) is 0 Å². The summed E-state index contributed by atoms with van der Waals surface area (Å²) < 4.78 is 25.7. The van der Waals surface area contributed by atoms with Crippen molar-refractivity contribution in [3.8, 4) is 0 Å². The van der Waals surface area contributed by atoms with Gasteiger partial charge in [0.05, 0.1) is 0 Å². The van der Waals surface area contributed by atoms with E-state index in [1.54, 1.807) is 0 Å². The van der Waals surface area contributed by atoms with Gasteiger partial charge in [-0.2, -0.15) is 12.7 Å². The second-order valence-electron chi connectivity index (χ2n) is 2.88. The van der Waals surface area contributed by atoms with Crippen molar-refractivity contribution in [1.82, 2.24) is 9.03 Å². The molecule has 0 saturated carbocycles. The molecular formula is C6H16N4O3S. The molecule has 4 N–H and O–H groups in total. The van der Waals surface area contributed by atoms with Crippen LogP contribution in [0.25, 0.3) is 0 Å². The molecule has 0 heterocycles. The van der Waals surface area contributed by atoms with E-state index in [-0.39, 0.29) is 12.4 Å². The van der Waals surface area contributed by atoms with E-state index >= 15 is 0 Å². The van der Waals surface area contributed by atoms with E-state index in [4.69, 9.17) is 10.9 Å². The Balaban J connectivity index is 3.76. The third-order valence-electron chi connectivity index (χ3n) is 1.50. The lowest BCUT2D eigenvalue weighted by molar-refractivity contribution is 0.316. The monoisotopic (exact) mass is 224 g/mol. The predicted molar refractivity (Wildman–Crippen MR) is 53.3 cm³/mol. The summed E-state index contributed by atoms with van der Waals surface area (Å²) in [5, 5.41) is 11.0. The molecule has 0 atom stereocenters. The Morgan fingerprint density at radius 3 is 2.57 bits per heavy atom. The quantitative estimate of drug-likeness (QED) is 0.175. The van der Waals surface area contributed by atoms with Crippen molar-refractivity contribution in [1.29, 1.82) is 0 Å². The molecule has 0 aliphatic carbocycles. The van der Waals surface area contributed by atoms with Gasteiger partial charge in [-0.15, -0.1) is 0 Å². The summed E-state index contributed by atoms with van der Waals surface area (Å²) in [6.07, 6.45) is 0.843. The Bertz CT molecular complexity index is 285. The molecule has 8 heteroatoms. The number of amidine groups is 1. The number of nitrogens with one attached hydrogen (secondary N) is 1. The minimum absolute atomic E-state index is 0.0917. The Morgan fingerprint density at radius 1 is 1.57 bits per heavy atom. The van der Waals surface area contributed by atoms with E-state index in [0.717, 1.165) is 4.31 Å². The van der Waals surface area contributed by atoms with E-state index in [1.165, 1.54) is 14.1 Å². The SMILES string of the molecule is CN(C)S(=O)(=O)NCCCC(N)=NO. The van der Waals surface area contributed by atoms with Crippen LogP contribution in [-0.4, -0.2) is 44.4 Å². The molecule has 0 rings (SSSR count). The Hall–Kier alpha value is -0.860. The van der Waals surface area contributed by atoms with Gasteiger partial charge >= 0.3 is 0 Å². The number of hydrogen-bond acceptors (Lipinski definition) is 4. The lowest BCUT2D eigenvalue weighted by Gasteiger charge is -2.11. The van der Waals surface area contributed by atoms with E-state index in [2.05, 4.69) is 9.88 Å². The van der Waals surface area contributed by atoms with E-state index in [0.29, 0.717) is 12.8 Å². The van der Waals surface area contributed by atoms with Crippen LogP contribution in [0.3, 0.4) is 0 Å². The molecule has 14 heavy (non-hydrogen) atoms. The van der Waals surface area contributed by atoms with Crippen LogP contribution >= 0.6 is 0 Å². The van der Waals surface area contributed by atoms with Gasteiger partial charge < -0.3 is 10.9 Å². The molecular weight excluding hydrogens is 208 g/mol. The van der Waals surface area contributed by atoms with Gasteiger partial charge in [-0.3, -0.25) is 0 Å². The van der Waals surface area contributed by atoms with Crippen LogP contribution in [0.1, 0.15) is 12.8 Å².